The first-order chi connectivity index (χ1) is 9.45. The molecule has 1 heterocycles. The fraction of sp³-hybridized carbons (Fsp3) is 0.154. The molecule has 1 aromatic carbocycles. The van der Waals surface area contributed by atoms with E-state index in [0.717, 1.165) is 11.6 Å². The molecule has 0 aliphatic heterocycles. The van der Waals surface area contributed by atoms with Crippen LogP contribution in [0.4, 0.5) is 14.6 Å². The number of hydrazine groups is 1. The maximum Gasteiger partial charge on any atom is 0.173 e. The molecule has 4 nitrogen and oxygen atoms in total. The molecule has 5 N–H and O–H groups in total. The Balaban J connectivity index is 2.58. The summed E-state index contributed by atoms with van der Waals surface area (Å²) in [6.45, 7) is 1.85. The first kappa shape index (κ1) is 14.8. The number of halogens is 3. The molecule has 2 rings (SSSR count). The summed E-state index contributed by atoms with van der Waals surface area (Å²) < 4.78 is 26.8. The Hall–Kier alpha value is -1.57. The van der Waals surface area contributed by atoms with Crippen molar-refractivity contribution in [1.82, 2.24) is 10.4 Å². The van der Waals surface area contributed by atoms with Gasteiger partial charge in [-0.3, -0.25) is 5.84 Å². The second-order valence-electron chi connectivity index (χ2n) is 4.35. The standard InChI is InChI=1S/C13H13BrF2N4/c1-6-4-8(13(17)19-5-6)12(20-18)7-2-3-9(15)11(16)10(7)14/h2-5,12,20H,18H2,1H3,(H2,17,19). The zero-order valence-corrected chi connectivity index (χ0v) is 12.2. The van der Waals surface area contributed by atoms with Crippen LogP contribution in [0.25, 0.3) is 0 Å². The predicted octanol–water partition coefficient (Wildman–Crippen LogP) is 2.57. The number of nitrogens with zero attached hydrogens (tertiary/aromatic N) is 1. The second kappa shape index (κ2) is 5.82. The van der Waals surface area contributed by atoms with Crippen LogP contribution in [0.3, 0.4) is 0 Å². The van der Waals surface area contributed by atoms with Gasteiger partial charge in [0.2, 0.25) is 0 Å². The van der Waals surface area contributed by atoms with E-state index in [9.17, 15) is 8.78 Å². The van der Waals surface area contributed by atoms with Crippen molar-refractivity contribution in [2.45, 2.75) is 13.0 Å². The average molecular weight is 343 g/mol. The van der Waals surface area contributed by atoms with E-state index in [0.29, 0.717) is 11.1 Å². The number of nitrogens with one attached hydrogen (secondary N) is 1. The molecule has 0 aliphatic carbocycles. The van der Waals surface area contributed by atoms with E-state index in [1.807, 2.05) is 6.92 Å². The maximum absolute atomic E-state index is 13.6. The summed E-state index contributed by atoms with van der Waals surface area (Å²) >= 11 is 3.04. The quantitative estimate of drug-likeness (QED) is 0.455. The van der Waals surface area contributed by atoms with Crippen LogP contribution in [0, 0.1) is 18.6 Å². The number of hydrogen-bond acceptors (Lipinski definition) is 4. The van der Waals surface area contributed by atoms with Crippen LogP contribution >= 0.6 is 15.9 Å². The lowest BCUT2D eigenvalue weighted by atomic mass is 9.98. The third-order valence-corrected chi connectivity index (χ3v) is 3.75. The molecule has 0 saturated heterocycles. The van der Waals surface area contributed by atoms with Crippen molar-refractivity contribution in [1.29, 1.82) is 0 Å². The molecule has 0 bridgehead atoms. The zero-order chi connectivity index (χ0) is 14.9. The third kappa shape index (κ3) is 2.65. The molecular weight excluding hydrogens is 330 g/mol. The van der Waals surface area contributed by atoms with E-state index in [1.54, 1.807) is 12.3 Å². The lowest BCUT2D eigenvalue weighted by Gasteiger charge is -2.20. The van der Waals surface area contributed by atoms with Crippen molar-refractivity contribution in [2.24, 2.45) is 5.84 Å². The fourth-order valence-corrected chi connectivity index (χ4v) is 2.49. The van der Waals surface area contributed by atoms with Crippen LogP contribution in [0.1, 0.15) is 22.7 Å². The Labute approximate surface area is 123 Å². The number of pyridine rings is 1. The minimum Gasteiger partial charge on any atom is -0.383 e. The van der Waals surface area contributed by atoms with E-state index in [1.165, 1.54) is 6.07 Å². The SMILES string of the molecule is Cc1cnc(N)c(C(NN)c2ccc(F)c(F)c2Br)c1. The molecule has 0 saturated carbocycles. The van der Waals surface area contributed by atoms with Gasteiger partial charge in [0.15, 0.2) is 11.6 Å². The smallest absolute Gasteiger partial charge is 0.173 e. The number of rotatable bonds is 3. The highest BCUT2D eigenvalue weighted by molar-refractivity contribution is 9.10. The normalized spacial score (nSPS) is 12.4. The third-order valence-electron chi connectivity index (χ3n) is 2.94. The number of benzene rings is 1. The largest absolute Gasteiger partial charge is 0.383 e. The molecule has 1 aromatic heterocycles. The minimum absolute atomic E-state index is 0.00126. The van der Waals surface area contributed by atoms with E-state index < -0.39 is 17.7 Å². The van der Waals surface area contributed by atoms with Crippen LogP contribution < -0.4 is 17.0 Å². The lowest BCUT2D eigenvalue weighted by Crippen LogP contribution is -2.30. The second-order valence-corrected chi connectivity index (χ2v) is 5.14. The number of aromatic nitrogens is 1. The van der Waals surface area contributed by atoms with Gasteiger partial charge < -0.3 is 5.73 Å². The minimum atomic E-state index is -0.970. The molecule has 0 radical (unpaired) electrons. The molecule has 0 spiro atoms. The summed E-state index contributed by atoms with van der Waals surface area (Å²) in [5.74, 6) is 3.91. The summed E-state index contributed by atoms with van der Waals surface area (Å²) in [6, 6.07) is 3.67. The van der Waals surface area contributed by atoms with E-state index in [2.05, 4.69) is 26.3 Å². The number of hydrogen-bond donors (Lipinski definition) is 3. The Bertz CT molecular complexity index is 649. The molecule has 0 fully saturated rings. The van der Waals surface area contributed by atoms with Gasteiger partial charge in [-0.05, 0) is 46.1 Å². The molecule has 1 atom stereocenters. The fourth-order valence-electron chi connectivity index (χ4n) is 1.94. The summed E-state index contributed by atoms with van der Waals surface area (Å²) in [6.07, 6.45) is 1.62. The van der Waals surface area contributed by atoms with Crippen LogP contribution in [0.2, 0.25) is 0 Å². The highest BCUT2D eigenvalue weighted by Gasteiger charge is 2.22. The Morgan fingerprint density at radius 2 is 2.00 bits per heavy atom. The summed E-state index contributed by atoms with van der Waals surface area (Å²) in [7, 11) is 0. The lowest BCUT2D eigenvalue weighted by molar-refractivity contribution is 0.498. The van der Waals surface area contributed by atoms with Crippen LogP contribution in [0.15, 0.2) is 28.9 Å². The summed E-state index contributed by atoms with van der Waals surface area (Å²) in [4.78, 5) is 4.04. The van der Waals surface area contributed by atoms with Gasteiger partial charge in [-0.15, -0.1) is 0 Å². The topological polar surface area (TPSA) is 77.0 Å². The molecule has 0 amide bonds. The Morgan fingerprint density at radius 3 is 2.65 bits per heavy atom. The highest BCUT2D eigenvalue weighted by atomic mass is 79.9. The van der Waals surface area contributed by atoms with Crippen molar-refractivity contribution < 1.29 is 8.78 Å². The van der Waals surface area contributed by atoms with Gasteiger partial charge in [-0.1, -0.05) is 6.07 Å². The molecule has 0 aliphatic rings. The number of nitrogen functional groups attached to an aromatic ring is 1. The van der Waals surface area contributed by atoms with E-state index in [4.69, 9.17) is 11.6 Å². The van der Waals surface area contributed by atoms with Gasteiger partial charge in [0.05, 0.1) is 10.5 Å². The molecule has 2 aromatic rings. The zero-order valence-electron chi connectivity index (χ0n) is 10.6. The van der Waals surface area contributed by atoms with Crippen LogP contribution in [-0.4, -0.2) is 4.98 Å². The van der Waals surface area contributed by atoms with Gasteiger partial charge in [0.1, 0.15) is 5.82 Å². The van der Waals surface area contributed by atoms with Crippen molar-refractivity contribution in [3.63, 3.8) is 0 Å². The molecule has 7 heteroatoms. The summed E-state index contributed by atoms with van der Waals surface area (Å²) in [5.41, 5.74) is 10.3. The van der Waals surface area contributed by atoms with Gasteiger partial charge in [-0.25, -0.2) is 19.2 Å². The molecule has 106 valence electrons. The van der Waals surface area contributed by atoms with Crippen molar-refractivity contribution >= 4 is 21.7 Å². The van der Waals surface area contributed by atoms with Gasteiger partial charge in [0, 0.05) is 11.8 Å². The van der Waals surface area contributed by atoms with Crippen LogP contribution in [-0.2, 0) is 0 Å². The van der Waals surface area contributed by atoms with Gasteiger partial charge >= 0.3 is 0 Å². The maximum atomic E-state index is 13.6. The highest BCUT2D eigenvalue weighted by Crippen LogP contribution is 2.33. The van der Waals surface area contributed by atoms with Crippen molar-refractivity contribution in [3.05, 3.63) is 57.2 Å². The summed E-state index contributed by atoms with van der Waals surface area (Å²) in [5, 5.41) is 0. The van der Waals surface area contributed by atoms with Crippen molar-refractivity contribution in [2.75, 3.05) is 5.73 Å². The Morgan fingerprint density at radius 1 is 1.30 bits per heavy atom. The average Bonchev–Trinajstić information content (AvgIpc) is 2.43. The molecule has 20 heavy (non-hydrogen) atoms. The number of nitrogens with two attached hydrogens (primary N) is 2. The van der Waals surface area contributed by atoms with E-state index in [-0.39, 0.29) is 10.3 Å². The van der Waals surface area contributed by atoms with Gasteiger partial charge in [-0.2, -0.15) is 0 Å². The number of anilines is 1. The first-order valence-electron chi connectivity index (χ1n) is 5.77. The Kier molecular flexibility index (Phi) is 4.32. The monoisotopic (exact) mass is 342 g/mol. The van der Waals surface area contributed by atoms with E-state index >= 15 is 0 Å². The van der Waals surface area contributed by atoms with Gasteiger partial charge in [0.25, 0.3) is 0 Å². The van der Waals surface area contributed by atoms with Crippen molar-refractivity contribution in [3.8, 4) is 0 Å². The molecule has 1 unspecified atom stereocenters. The van der Waals surface area contributed by atoms with Crippen LogP contribution in [0.5, 0.6) is 0 Å². The number of aryl methyl sites for hydroxylation is 1. The molecular formula is C13H13BrF2N4. The predicted molar refractivity (Wildman–Crippen MR) is 76.6 cm³/mol. The first-order valence-corrected chi connectivity index (χ1v) is 6.56.